The summed E-state index contributed by atoms with van der Waals surface area (Å²) >= 11 is 0. The second-order valence-electron chi connectivity index (χ2n) is 18.0. The number of ether oxygens (including phenoxy) is 11. The van der Waals surface area contributed by atoms with E-state index in [0.717, 1.165) is 6.92 Å². The lowest BCUT2D eigenvalue weighted by atomic mass is 9.95. The molecule has 6 heterocycles. The van der Waals surface area contributed by atoms with Crippen LogP contribution in [0.25, 0.3) is 0 Å². The molecule has 35 nitrogen and oxygen atoms in total. The maximum absolute atomic E-state index is 12.5. The van der Waals surface area contributed by atoms with Gasteiger partial charge in [0.1, 0.15) is 146 Å². The van der Waals surface area contributed by atoms with Crippen molar-refractivity contribution in [3.05, 3.63) is 0 Å². The van der Waals surface area contributed by atoms with Crippen molar-refractivity contribution in [3.63, 3.8) is 0 Å². The number of nitrogens with one attached hydrogen (secondary N) is 1. The molecule has 6 saturated heterocycles. The fourth-order valence-electron chi connectivity index (χ4n) is 9.05. The Balaban J connectivity index is 1.27. The van der Waals surface area contributed by atoms with Gasteiger partial charge in [-0.1, -0.05) is 0 Å². The predicted octanol–water partition coefficient (Wildman–Crippen LogP) is -14.1. The van der Waals surface area contributed by atoms with Gasteiger partial charge in [0.2, 0.25) is 5.91 Å². The number of aliphatic hydroxyl groups excluding tert-OH is 18. The molecule has 0 bridgehead atoms. The van der Waals surface area contributed by atoms with Gasteiger partial charge in [0.25, 0.3) is 0 Å². The minimum absolute atomic E-state index is 0.834. The molecule has 1 unspecified atom stereocenters. The van der Waals surface area contributed by atoms with Gasteiger partial charge in [0.15, 0.2) is 37.7 Å². The molecule has 6 aliphatic rings. The van der Waals surface area contributed by atoms with Gasteiger partial charge in [0.05, 0.1) is 39.6 Å². The van der Waals surface area contributed by atoms with E-state index in [-0.39, 0.29) is 0 Å². The zero-order chi connectivity index (χ0) is 54.8. The Morgan fingerprint density at radius 2 is 0.797 bits per heavy atom. The largest absolute Gasteiger partial charge is 0.397 e. The number of carbonyl (C=O) groups is 1. The molecule has 6 aliphatic heterocycles. The van der Waals surface area contributed by atoms with E-state index in [1.807, 2.05) is 0 Å². The maximum Gasteiger partial charge on any atom is 0.397 e. The van der Waals surface area contributed by atoms with Crippen LogP contribution in [-0.4, -0.2) is 335 Å². The molecule has 0 radical (unpaired) electrons. The molecule has 74 heavy (non-hydrogen) atoms. The highest BCUT2D eigenvalue weighted by atomic mass is 32.3. The topological polar surface area (TPSA) is 558 Å². The van der Waals surface area contributed by atoms with Crippen LogP contribution in [0.2, 0.25) is 0 Å². The number of carbonyl (C=O) groups excluding carboxylic acids is 1. The Morgan fingerprint density at radius 3 is 1.27 bits per heavy atom. The molecular weight excluding hydrogens is 1050 g/mol. The molecule has 6 fully saturated rings. The smallest absolute Gasteiger partial charge is 0.394 e. The summed E-state index contributed by atoms with van der Waals surface area (Å²) in [6.45, 7) is -5.06. The van der Waals surface area contributed by atoms with Gasteiger partial charge in [-0.2, -0.15) is 8.42 Å². The molecule has 20 N–H and O–H groups in total. The van der Waals surface area contributed by atoms with Gasteiger partial charge in [-0.15, -0.1) is 0 Å². The van der Waals surface area contributed by atoms with Crippen LogP contribution in [0.1, 0.15) is 6.92 Å². The summed E-state index contributed by atoms with van der Waals surface area (Å²) in [5.41, 5.74) is 0. The standard InChI is InChI=1S/C38H65NO34S/c1-8(45)39-15-20(50)28(69-35-24(54)21(51)16(46)9(2-40)64-35)13(6-44)67-34(15)62-7-14-19(49)31(26(56)37(68-14)70-29-12(5-43)63-33(58)23(53)22(29)52)72-36-25(55)30(17(47)10(3-41)65-36)71-38-27(57)32(73-74(59,60)61)18(48)11(4-42)66-38/h9-38,40-44,46-58H,2-7H2,1H3,(H,39,45)(H,59,60,61)/t9-,10-,11-,12-,13-,14-,15-,16+,17+,18+,19+,20-,21+,22-,23-,24-,25-,26-,27-,28-,29-,30+,31+,32+,33?,34-,35+,36+,37+,38+/m1/s1. The van der Waals surface area contributed by atoms with E-state index < -0.39 is 240 Å². The quantitative estimate of drug-likeness (QED) is 0.0534. The van der Waals surface area contributed by atoms with E-state index >= 15 is 0 Å². The third-order valence-corrected chi connectivity index (χ3v) is 13.5. The van der Waals surface area contributed by atoms with Crippen molar-refractivity contribution in [1.29, 1.82) is 0 Å². The molecule has 0 aliphatic carbocycles. The van der Waals surface area contributed by atoms with Crippen molar-refractivity contribution in [2.75, 3.05) is 39.6 Å². The predicted molar refractivity (Wildman–Crippen MR) is 221 cm³/mol. The Hall–Kier alpha value is -1.82. The summed E-state index contributed by atoms with van der Waals surface area (Å²) in [5, 5.41) is 194. The Labute approximate surface area is 417 Å². The molecule has 0 aromatic heterocycles. The van der Waals surface area contributed by atoms with Crippen molar-refractivity contribution < 1.29 is 166 Å². The van der Waals surface area contributed by atoms with Crippen LogP contribution in [-0.2, 0) is 71.5 Å². The number of aliphatic hydroxyl groups is 18. The summed E-state index contributed by atoms with van der Waals surface area (Å²) in [5.74, 6) is -0.834. The van der Waals surface area contributed by atoms with Gasteiger partial charge >= 0.3 is 10.4 Å². The maximum atomic E-state index is 12.5. The minimum atomic E-state index is -5.42. The second-order valence-corrected chi connectivity index (χ2v) is 19.1. The van der Waals surface area contributed by atoms with Crippen LogP contribution in [0.5, 0.6) is 0 Å². The molecule has 432 valence electrons. The second kappa shape index (κ2) is 26.0. The van der Waals surface area contributed by atoms with E-state index in [2.05, 4.69) is 9.50 Å². The highest BCUT2D eigenvalue weighted by molar-refractivity contribution is 7.80. The molecule has 0 saturated carbocycles. The van der Waals surface area contributed by atoms with Gasteiger partial charge in [-0.25, -0.2) is 4.18 Å². The van der Waals surface area contributed by atoms with Crippen molar-refractivity contribution >= 4 is 16.3 Å². The zero-order valence-electron chi connectivity index (χ0n) is 38.6. The molecule has 0 aromatic rings. The zero-order valence-corrected chi connectivity index (χ0v) is 39.4. The molecule has 0 spiro atoms. The van der Waals surface area contributed by atoms with Crippen LogP contribution in [0.3, 0.4) is 0 Å². The lowest BCUT2D eigenvalue weighted by Crippen LogP contribution is -2.69. The Morgan fingerprint density at radius 1 is 0.419 bits per heavy atom. The van der Waals surface area contributed by atoms with Crippen LogP contribution >= 0.6 is 0 Å². The molecular formula is C38H65NO34S. The van der Waals surface area contributed by atoms with E-state index in [4.69, 9.17) is 52.1 Å². The number of hydrogen-bond acceptors (Lipinski definition) is 33. The Kier molecular flexibility index (Phi) is 21.5. The highest BCUT2D eigenvalue weighted by Gasteiger charge is 2.57. The molecule has 36 heteroatoms. The molecule has 0 aromatic carbocycles. The monoisotopic (exact) mass is 1110 g/mol. The summed E-state index contributed by atoms with van der Waals surface area (Å²) in [4.78, 5) is 12.5. The van der Waals surface area contributed by atoms with Crippen molar-refractivity contribution in [2.24, 2.45) is 0 Å². The summed E-state index contributed by atoms with van der Waals surface area (Å²) in [6, 6.07) is -1.70. The van der Waals surface area contributed by atoms with E-state index in [0.29, 0.717) is 0 Å². The summed E-state index contributed by atoms with van der Waals surface area (Å²) in [7, 11) is -5.42. The first-order valence-electron chi connectivity index (χ1n) is 22.8. The summed E-state index contributed by atoms with van der Waals surface area (Å²) < 4.78 is 98.4. The lowest BCUT2D eigenvalue weighted by Gasteiger charge is -2.49. The molecule has 6 rings (SSSR count). The Bertz CT molecular complexity index is 1880. The third-order valence-electron chi connectivity index (χ3n) is 13.0. The summed E-state index contributed by atoms with van der Waals surface area (Å²) in [6.07, 6.45) is -58.7. The number of rotatable bonds is 19. The number of amides is 1. The highest BCUT2D eigenvalue weighted by Crippen LogP contribution is 2.36. The van der Waals surface area contributed by atoms with Crippen LogP contribution in [0.15, 0.2) is 0 Å². The van der Waals surface area contributed by atoms with Crippen LogP contribution < -0.4 is 5.32 Å². The fourth-order valence-corrected chi connectivity index (χ4v) is 9.56. The fraction of sp³-hybridized carbons (Fsp3) is 0.974. The van der Waals surface area contributed by atoms with Gasteiger partial charge < -0.3 is 149 Å². The molecule has 30 atom stereocenters. The first-order valence-corrected chi connectivity index (χ1v) is 24.2. The average molecular weight is 1110 g/mol. The number of hydrogen-bond donors (Lipinski definition) is 20. The van der Waals surface area contributed by atoms with Crippen molar-refractivity contribution in [1.82, 2.24) is 5.32 Å². The third kappa shape index (κ3) is 13.4. The van der Waals surface area contributed by atoms with E-state index in [1.165, 1.54) is 0 Å². The normalized spacial score (nSPS) is 49.6. The van der Waals surface area contributed by atoms with E-state index in [9.17, 15) is 110 Å². The average Bonchev–Trinajstić information content (AvgIpc) is 3.35. The first kappa shape index (κ1) is 61.4. The van der Waals surface area contributed by atoms with Crippen LogP contribution in [0.4, 0.5) is 0 Å². The first-order chi connectivity index (χ1) is 34.8. The van der Waals surface area contributed by atoms with Gasteiger partial charge in [-0.05, 0) is 0 Å². The molecule has 1 amide bonds. The lowest BCUT2D eigenvalue weighted by molar-refractivity contribution is -0.391. The van der Waals surface area contributed by atoms with Gasteiger partial charge in [0, 0.05) is 6.92 Å². The minimum Gasteiger partial charge on any atom is -0.394 e. The van der Waals surface area contributed by atoms with Crippen molar-refractivity contribution in [2.45, 2.75) is 191 Å². The van der Waals surface area contributed by atoms with Crippen molar-refractivity contribution in [3.8, 4) is 0 Å². The SMILES string of the molecule is CC(=O)N[C@H]1[C@H](OC[C@H]2O[C@@H](O[C@H]3[C@H](O)[C@@H](O)C(O)O[C@@H]3CO)[C@H](O)[C@@H](O[C@@H]3O[C@H](CO)[C@H](O)[C@H](O[C@@H]4O[C@H](CO)[C@H](O)[C@H](OS(=O)(=O)O)[C@H]4O)[C@H]3O)[C@H]2O)O[C@H](CO)[C@@H](O[C@@H]2O[C@H](CO)[C@H](O)[C@H](O)[C@H]2O)[C@@H]1O. The van der Waals surface area contributed by atoms with Gasteiger partial charge in [-0.3, -0.25) is 9.35 Å². The van der Waals surface area contributed by atoms with Crippen LogP contribution in [0, 0.1) is 0 Å². The van der Waals surface area contributed by atoms with E-state index in [1.54, 1.807) is 0 Å².